The molecule has 0 aliphatic carbocycles. The van der Waals surface area contributed by atoms with Crippen LogP contribution >= 0.6 is 0 Å². The van der Waals surface area contributed by atoms with Crippen molar-refractivity contribution in [2.45, 2.75) is 18.8 Å². The Balaban J connectivity index is 1.70. The highest BCUT2D eigenvalue weighted by Gasteiger charge is 2.41. The minimum Gasteiger partial charge on any atom is -0.496 e. The van der Waals surface area contributed by atoms with Gasteiger partial charge in [0.15, 0.2) is 5.75 Å². The van der Waals surface area contributed by atoms with Crippen molar-refractivity contribution in [1.29, 1.82) is 0 Å². The fraction of sp³-hybridized carbons (Fsp3) is 0.310. The fourth-order valence-electron chi connectivity index (χ4n) is 4.58. The Morgan fingerprint density at radius 1 is 1.12 bits per heavy atom. The highest BCUT2D eigenvalue weighted by molar-refractivity contribution is 6.05. The number of nitrogens with zero attached hydrogens (tertiary/aromatic N) is 2. The van der Waals surface area contributed by atoms with E-state index in [1.54, 1.807) is 36.4 Å². The summed E-state index contributed by atoms with van der Waals surface area (Å²) in [6, 6.07) is 11.8. The Kier molecular flexibility index (Phi) is 9.09. The van der Waals surface area contributed by atoms with Crippen LogP contribution in [0.4, 0.5) is 18.9 Å². The molecule has 0 unspecified atom stereocenters. The van der Waals surface area contributed by atoms with E-state index in [1.165, 1.54) is 38.3 Å². The Bertz CT molecular complexity index is 1580. The van der Waals surface area contributed by atoms with Crippen molar-refractivity contribution in [3.8, 4) is 11.5 Å². The number of nitrogens with two attached hydrogens (primary N) is 1. The molecule has 228 valence electrons. The van der Waals surface area contributed by atoms with Crippen LogP contribution in [0.2, 0.25) is 0 Å². The van der Waals surface area contributed by atoms with Crippen LogP contribution in [0.15, 0.2) is 48.5 Å². The number of esters is 2. The number of rotatable bonds is 8. The minimum atomic E-state index is -5.15. The molecule has 3 aromatic rings. The second-order valence-corrected chi connectivity index (χ2v) is 9.53. The number of carbonyl (C=O) groups excluding carboxylic acids is 4. The van der Waals surface area contributed by atoms with E-state index in [9.17, 15) is 32.3 Å². The van der Waals surface area contributed by atoms with Crippen molar-refractivity contribution in [1.82, 2.24) is 4.90 Å². The molecule has 3 aromatic carbocycles. The van der Waals surface area contributed by atoms with Gasteiger partial charge in [-0.05, 0) is 41.1 Å². The molecular weight excluding hydrogens is 575 g/mol. The lowest BCUT2D eigenvalue weighted by atomic mass is 10.00. The van der Waals surface area contributed by atoms with Crippen molar-refractivity contribution in [3.05, 3.63) is 65.2 Å². The molecule has 4 rings (SSSR count). The van der Waals surface area contributed by atoms with Gasteiger partial charge >= 0.3 is 18.1 Å². The SMILES string of the molecule is COC(=O)c1ccc2c(CN3C(=O)[C@@H](N)COc4c(C(=O)N(C)CCOC(=O)C(F)(F)F)cccc43)c(OC)ccc2c1. The quantitative estimate of drug-likeness (QED) is 0.385. The number of hydrogen-bond donors (Lipinski definition) is 1. The van der Waals surface area contributed by atoms with E-state index >= 15 is 0 Å². The highest BCUT2D eigenvalue weighted by atomic mass is 19.4. The smallest absolute Gasteiger partial charge is 0.490 e. The molecule has 0 radical (unpaired) electrons. The zero-order valence-electron chi connectivity index (χ0n) is 23.4. The van der Waals surface area contributed by atoms with Crippen LogP contribution in [-0.4, -0.2) is 81.9 Å². The number of methoxy groups -OCH3 is 2. The summed E-state index contributed by atoms with van der Waals surface area (Å²) < 4.78 is 57.7. The van der Waals surface area contributed by atoms with Gasteiger partial charge in [0.1, 0.15) is 25.0 Å². The maximum atomic E-state index is 13.5. The van der Waals surface area contributed by atoms with Crippen LogP contribution in [0.3, 0.4) is 0 Å². The number of alkyl halides is 3. The lowest BCUT2D eigenvalue weighted by molar-refractivity contribution is -0.199. The number of amides is 2. The molecule has 0 spiro atoms. The van der Waals surface area contributed by atoms with Crippen molar-refractivity contribution >= 4 is 40.2 Å². The van der Waals surface area contributed by atoms with Gasteiger partial charge in [0, 0.05) is 12.6 Å². The summed E-state index contributed by atoms with van der Waals surface area (Å²) in [6.45, 7) is -1.34. The molecule has 43 heavy (non-hydrogen) atoms. The monoisotopic (exact) mass is 603 g/mol. The number of likely N-dealkylation sites (N-methyl/N-ethyl adjacent to an activating group) is 1. The van der Waals surface area contributed by atoms with Gasteiger partial charge in [-0.1, -0.05) is 18.2 Å². The summed E-state index contributed by atoms with van der Waals surface area (Å²) in [6.07, 6.45) is -5.15. The average Bonchev–Trinajstić information content (AvgIpc) is 3.11. The first-order valence-electron chi connectivity index (χ1n) is 12.9. The first-order valence-corrected chi connectivity index (χ1v) is 12.9. The Labute approximate surface area is 243 Å². The van der Waals surface area contributed by atoms with Crippen molar-refractivity contribution < 1.29 is 51.3 Å². The predicted octanol–water partition coefficient (Wildman–Crippen LogP) is 3.07. The van der Waals surface area contributed by atoms with Crippen LogP contribution in [0.1, 0.15) is 26.3 Å². The first kappa shape index (κ1) is 31.1. The molecule has 2 N–H and O–H groups in total. The van der Waals surface area contributed by atoms with Crippen molar-refractivity contribution in [2.75, 3.05) is 45.9 Å². The largest absolute Gasteiger partial charge is 0.496 e. The molecule has 2 amide bonds. The molecular formula is C29H28F3N3O8. The van der Waals surface area contributed by atoms with Gasteiger partial charge in [-0.15, -0.1) is 0 Å². The van der Waals surface area contributed by atoms with E-state index in [-0.39, 0.29) is 36.7 Å². The van der Waals surface area contributed by atoms with E-state index in [0.29, 0.717) is 27.6 Å². The number of halogens is 3. The second-order valence-electron chi connectivity index (χ2n) is 9.53. The summed E-state index contributed by atoms with van der Waals surface area (Å²) >= 11 is 0. The molecule has 11 nitrogen and oxygen atoms in total. The van der Waals surface area contributed by atoms with Crippen molar-refractivity contribution in [2.24, 2.45) is 5.73 Å². The fourth-order valence-corrected chi connectivity index (χ4v) is 4.58. The van der Waals surface area contributed by atoms with E-state index in [1.807, 2.05) is 0 Å². The zero-order valence-corrected chi connectivity index (χ0v) is 23.4. The normalized spacial score (nSPS) is 14.8. The summed E-state index contributed by atoms with van der Waals surface area (Å²) in [5.74, 6) is -3.53. The van der Waals surface area contributed by atoms with Crippen LogP contribution in [-0.2, 0) is 25.6 Å². The maximum absolute atomic E-state index is 13.5. The number of para-hydroxylation sites is 1. The second kappa shape index (κ2) is 12.6. The zero-order chi connectivity index (χ0) is 31.5. The van der Waals surface area contributed by atoms with E-state index in [0.717, 1.165) is 4.90 Å². The lowest BCUT2D eigenvalue weighted by Gasteiger charge is -2.26. The van der Waals surface area contributed by atoms with Gasteiger partial charge in [0.25, 0.3) is 5.91 Å². The number of benzene rings is 3. The lowest BCUT2D eigenvalue weighted by Crippen LogP contribution is -2.45. The molecule has 1 atom stereocenters. The predicted molar refractivity (Wildman–Crippen MR) is 147 cm³/mol. The number of ether oxygens (including phenoxy) is 4. The Morgan fingerprint density at radius 3 is 2.53 bits per heavy atom. The third kappa shape index (κ3) is 6.48. The first-order chi connectivity index (χ1) is 20.4. The molecule has 1 aliphatic heterocycles. The Hall–Kier alpha value is -4.85. The number of fused-ring (bicyclic) bond motifs is 2. The molecule has 1 heterocycles. The number of anilines is 1. The van der Waals surface area contributed by atoms with E-state index < -0.39 is 42.6 Å². The Morgan fingerprint density at radius 2 is 1.86 bits per heavy atom. The molecule has 0 aromatic heterocycles. The number of hydrogen-bond acceptors (Lipinski definition) is 9. The third-order valence-electron chi connectivity index (χ3n) is 6.79. The van der Waals surface area contributed by atoms with E-state index in [2.05, 4.69) is 4.74 Å². The van der Waals surface area contributed by atoms with Gasteiger partial charge in [0.2, 0.25) is 5.91 Å². The van der Waals surface area contributed by atoms with Gasteiger partial charge in [-0.2, -0.15) is 13.2 Å². The summed E-state index contributed by atoms with van der Waals surface area (Å²) in [4.78, 5) is 52.3. The summed E-state index contributed by atoms with van der Waals surface area (Å²) in [5.41, 5.74) is 7.30. The van der Waals surface area contributed by atoms with Crippen LogP contribution in [0.5, 0.6) is 11.5 Å². The third-order valence-corrected chi connectivity index (χ3v) is 6.79. The number of carbonyl (C=O) groups is 4. The molecule has 1 aliphatic rings. The highest BCUT2D eigenvalue weighted by Crippen LogP contribution is 2.38. The summed E-state index contributed by atoms with van der Waals surface area (Å²) in [5, 5.41) is 1.36. The average molecular weight is 604 g/mol. The molecule has 0 saturated heterocycles. The molecule has 0 fully saturated rings. The van der Waals surface area contributed by atoms with Crippen molar-refractivity contribution in [3.63, 3.8) is 0 Å². The van der Waals surface area contributed by atoms with Gasteiger partial charge in [-0.25, -0.2) is 9.59 Å². The molecule has 14 heteroatoms. The van der Waals surface area contributed by atoms with Gasteiger partial charge in [0.05, 0.1) is 44.1 Å². The standard InChI is InChI=1S/C29H28F3N3O8/c1-34(11-12-42-28(39)29(30,31)32)25(36)19-5-4-6-22-24(19)43-15-21(33)26(37)35(22)14-20-18-9-7-17(27(38)41-3)13-16(18)8-10-23(20)40-2/h4-10,13,21H,11-12,14-15,33H2,1-3H3/t21-/m0/s1. The van der Waals surface area contributed by atoms with Crippen LogP contribution in [0, 0.1) is 0 Å². The van der Waals surface area contributed by atoms with Gasteiger partial charge < -0.3 is 34.5 Å². The molecule has 0 bridgehead atoms. The maximum Gasteiger partial charge on any atom is 0.490 e. The van der Waals surface area contributed by atoms with Gasteiger partial charge in [-0.3, -0.25) is 9.59 Å². The van der Waals surface area contributed by atoms with E-state index in [4.69, 9.17) is 19.9 Å². The van der Waals surface area contributed by atoms with Crippen LogP contribution < -0.4 is 20.1 Å². The summed E-state index contributed by atoms with van der Waals surface area (Å²) in [7, 11) is 4.07. The minimum absolute atomic E-state index is 0.0154. The van der Waals surface area contributed by atoms with Crippen LogP contribution in [0.25, 0.3) is 10.8 Å². The topological polar surface area (TPSA) is 138 Å². The molecule has 0 saturated carbocycles.